The highest BCUT2D eigenvalue weighted by Gasteiger charge is 2.13. The third-order valence-corrected chi connectivity index (χ3v) is 3.16. The van der Waals surface area contributed by atoms with E-state index in [4.69, 9.17) is 5.73 Å². The minimum Gasteiger partial charge on any atom is -0.364 e. The van der Waals surface area contributed by atoms with Crippen LogP contribution in [0.3, 0.4) is 0 Å². The van der Waals surface area contributed by atoms with Crippen molar-refractivity contribution in [1.82, 2.24) is 14.4 Å². The number of carbonyl (C=O) groups excluding carboxylic acids is 1. The number of amides is 1. The van der Waals surface area contributed by atoms with Gasteiger partial charge in [-0.25, -0.2) is 9.97 Å². The third-order valence-electron chi connectivity index (χ3n) is 3.16. The summed E-state index contributed by atoms with van der Waals surface area (Å²) in [7, 11) is 0. The van der Waals surface area contributed by atoms with Crippen LogP contribution in [0.15, 0.2) is 18.6 Å². The first-order valence-electron chi connectivity index (χ1n) is 6.30. The summed E-state index contributed by atoms with van der Waals surface area (Å²) >= 11 is 0. The van der Waals surface area contributed by atoms with Crippen molar-refractivity contribution in [3.63, 3.8) is 0 Å². The van der Waals surface area contributed by atoms with E-state index in [9.17, 15) is 4.79 Å². The fourth-order valence-corrected chi connectivity index (χ4v) is 2.15. The van der Waals surface area contributed by atoms with Crippen LogP contribution in [-0.2, 0) is 0 Å². The first-order chi connectivity index (χ1) is 8.65. The number of carbonyl (C=O) groups is 1. The highest BCUT2D eigenvalue weighted by molar-refractivity contribution is 5.90. The molecule has 0 fully saturated rings. The minimum atomic E-state index is -0.521. The van der Waals surface area contributed by atoms with Gasteiger partial charge in [-0.15, -0.1) is 0 Å². The lowest BCUT2D eigenvalue weighted by molar-refractivity contribution is 0.0995. The van der Waals surface area contributed by atoms with Crippen molar-refractivity contribution in [2.75, 3.05) is 0 Å². The molecule has 0 saturated heterocycles. The van der Waals surface area contributed by atoms with Gasteiger partial charge in [-0.1, -0.05) is 20.3 Å². The second kappa shape index (κ2) is 5.16. The molecule has 18 heavy (non-hydrogen) atoms. The standard InChI is InChI=1S/C13H18N4O/c1-3-5-9(4-2)10-7-17-8-11(13(14)18)15-6-12(17)16-10/h6-9H,3-5H2,1-2H3,(H2,14,18). The van der Waals surface area contributed by atoms with Crippen molar-refractivity contribution in [2.24, 2.45) is 5.73 Å². The van der Waals surface area contributed by atoms with Gasteiger partial charge in [-0.3, -0.25) is 4.79 Å². The summed E-state index contributed by atoms with van der Waals surface area (Å²) in [6, 6.07) is 0. The molecule has 0 aliphatic heterocycles. The fraction of sp³-hybridized carbons (Fsp3) is 0.462. The summed E-state index contributed by atoms with van der Waals surface area (Å²) in [5, 5.41) is 0. The van der Waals surface area contributed by atoms with E-state index in [0.29, 0.717) is 5.92 Å². The molecule has 2 rings (SSSR count). The van der Waals surface area contributed by atoms with E-state index in [1.54, 1.807) is 12.4 Å². The highest BCUT2D eigenvalue weighted by atomic mass is 16.1. The molecule has 96 valence electrons. The molecule has 0 bridgehead atoms. The number of aromatic nitrogens is 3. The Balaban J connectivity index is 2.40. The summed E-state index contributed by atoms with van der Waals surface area (Å²) in [6.07, 6.45) is 8.50. The SMILES string of the molecule is CCCC(CC)c1cn2cc(C(N)=O)ncc2n1. The van der Waals surface area contributed by atoms with Crippen LogP contribution in [0.1, 0.15) is 55.2 Å². The number of rotatable bonds is 5. The Labute approximate surface area is 106 Å². The number of nitrogens with two attached hydrogens (primary N) is 1. The molecule has 5 heteroatoms. The van der Waals surface area contributed by atoms with Gasteiger partial charge in [-0.05, 0) is 12.8 Å². The van der Waals surface area contributed by atoms with E-state index in [1.165, 1.54) is 0 Å². The van der Waals surface area contributed by atoms with Crippen molar-refractivity contribution in [2.45, 2.75) is 39.0 Å². The van der Waals surface area contributed by atoms with Crippen LogP contribution >= 0.6 is 0 Å². The van der Waals surface area contributed by atoms with Gasteiger partial charge in [0.25, 0.3) is 5.91 Å². The number of hydrogen-bond donors (Lipinski definition) is 1. The zero-order chi connectivity index (χ0) is 13.1. The van der Waals surface area contributed by atoms with E-state index in [0.717, 1.165) is 30.6 Å². The van der Waals surface area contributed by atoms with Crippen LogP contribution in [-0.4, -0.2) is 20.3 Å². The number of primary amides is 1. The zero-order valence-electron chi connectivity index (χ0n) is 10.8. The first-order valence-corrected chi connectivity index (χ1v) is 6.30. The maximum atomic E-state index is 11.1. The summed E-state index contributed by atoms with van der Waals surface area (Å²) in [6.45, 7) is 4.34. The third kappa shape index (κ3) is 2.34. The van der Waals surface area contributed by atoms with Crippen molar-refractivity contribution < 1.29 is 4.79 Å². The average Bonchev–Trinajstić information content (AvgIpc) is 2.78. The Hall–Kier alpha value is -1.91. The number of fused-ring (bicyclic) bond motifs is 1. The van der Waals surface area contributed by atoms with E-state index >= 15 is 0 Å². The average molecular weight is 246 g/mol. The molecular weight excluding hydrogens is 228 g/mol. The maximum absolute atomic E-state index is 11.1. The van der Waals surface area contributed by atoms with Gasteiger partial charge in [-0.2, -0.15) is 0 Å². The maximum Gasteiger partial charge on any atom is 0.268 e. The lowest BCUT2D eigenvalue weighted by Gasteiger charge is -2.09. The lowest BCUT2D eigenvalue weighted by atomic mass is 9.98. The predicted molar refractivity (Wildman–Crippen MR) is 69.4 cm³/mol. The molecule has 2 N–H and O–H groups in total. The van der Waals surface area contributed by atoms with Crippen LogP contribution in [0.4, 0.5) is 0 Å². The number of imidazole rings is 1. The Kier molecular flexibility index (Phi) is 3.60. The van der Waals surface area contributed by atoms with Crippen molar-refractivity contribution in [1.29, 1.82) is 0 Å². The molecule has 2 aromatic heterocycles. The Morgan fingerprint density at radius 2 is 2.22 bits per heavy atom. The second-order valence-electron chi connectivity index (χ2n) is 4.46. The highest BCUT2D eigenvalue weighted by Crippen LogP contribution is 2.24. The molecule has 0 spiro atoms. The van der Waals surface area contributed by atoms with E-state index in [-0.39, 0.29) is 5.69 Å². The van der Waals surface area contributed by atoms with Gasteiger partial charge in [0.1, 0.15) is 5.69 Å². The molecule has 0 aliphatic carbocycles. The zero-order valence-corrected chi connectivity index (χ0v) is 10.8. The van der Waals surface area contributed by atoms with Crippen LogP contribution in [0.25, 0.3) is 5.65 Å². The minimum absolute atomic E-state index is 0.259. The van der Waals surface area contributed by atoms with Crippen molar-refractivity contribution in [3.05, 3.63) is 30.0 Å². The molecule has 1 atom stereocenters. The van der Waals surface area contributed by atoms with Gasteiger partial charge >= 0.3 is 0 Å². The topological polar surface area (TPSA) is 73.3 Å². The summed E-state index contributed by atoms with van der Waals surface area (Å²) in [5.74, 6) is -0.0559. The van der Waals surface area contributed by atoms with E-state index < -0.39 is 5.91 Å². The molecule has 2 aromatic rings. The number of nitrogens with zero attached hydrogens (tertiary/aromatic N) is 3. The molecule has 0 aromatic carbocycles. The fourth-order valence-electron chi connectivity index (χ4n) is 2.15. The Morgan fingerprint density at radius 1 is 1.44 bits per heavy atom. The monoisotopic (exact) mass is 246 g/mol. The van der Waals surface area contributed by atoms with Crippen LogP contribution in [0, 0.1) is 0 Å². The van der Waals surface area contributed by atoms with Gasteiger partial charge in [0.2, 0.25) is 0 Å². The second-order valence-corrected chi connectivity index (χ2v) is 4.46. The van der Waals surface area contributed by atoms with Gasteiger partial charge in [0.15, 0.2) is 5.65 Å². The van der Waals surface area contributed by atoms with Crippen LogP contribution in [0.5, 0.6) is 0 Å². The first kappa shape index (κ1) is 12.5. The molecule has 0 aliphatic rings. The number of hydrogen-bond acceptors (Lipinski definition) is 3. The largest absolute Gasteiger partial charge is 0.364 e. The van der Waals surface area contributed by atoms with Gasteiger partial charge < -0.3 is 10.1 Å². The molecule has 1 unspecified atom stereocenters. The predicted octanol–water partition coefficient (Wildman–Crippen LogP) is 2.12. The summed E-state index contributed by atoms with van der Waals surface area (Å²) in [4.78, 5) is 19.6. The molecule has 5 nitrogen and oxygen atoms in total. The molecular formula is C13H18N4O. The van der Waals surface area contributed by atoms with Crippen LogP contribution in [0.2, 0.25) is 0 Å². The van der Waals surface area contributed by atoms with Gasteiger partial charge in [0.05, 0.1) is 11.9 Å². The normalized spacial score (nSPS) is 12.8. The summed E-state index contributed by atoms with van der Waals surface area (Å²) in [5.41, 5.74) is 7.28. The molecule has 0 radical (unpaired) electrons. The van der Waals surface area contributed by atoms with Crippen molar-refractivity contribution >= 4 is 11.6 Å². The van der Waals surface area contributed by atoms with Crippen LogP contribution < -0.4 is 5.73 Å². The smallest absolute Gasteiger partial charge is 0.268 e. The van der Waals surface area contributed by atoms with E-state index in [1.807, 2.05) is 10.6 Å². The lowest BCUT2D eigenvalue weighted by Crippen LogP contribution is -2.13. The van der Waals surface area contributed by atoms with E-state index in [2.05, 4.69) is 23.8 Å². The molecule has 2 heterocycles. The quantitative estimate of drug-likeness (QED) is 0.878. The Bertz CT molecular complexity index is 561. The van der Waals surface area contributed by atoms with Crippen molar-refractivity contribution in [3.8, 4) is 0 Å². The molecule has 0 saturated carbocycles. The summed E-state index contributed by atoms with van der Waals surface area (Å²) < 4.78 is 1.82. The molecule has 1 amide bonds. The van der Waals surface area contributed by atoms with Gasteiger partial charge in [0, 0.05) is 18.3 Å². The Morgan fingerprint density at radius 3 is 2.83 bits per heavy atom.